The lowest BCUT2D eigenvalue weighted by atomic mass is 10.2. The lowest BCUT2D eigenvalue weighted by molar-refractivity contribution is 0.525. The summed E-state index contributed by atoms with van der Waals surface area (Å²) in [6.45, 7) is 11.7. The van der Waals surface area contributed by atoms with E-state index in [9.17, 15) is 0 Å². The Hall–Kier alpha value is -1.36. The molecule has 0 radical (unpaired) electrons. The first-order chi connectivity index (χ1) is 8.97. The molecule has 1 unspecified atom stereocenters. The molecule has 5 heteroatoms. The third kappa shape index (κ3) is 3.35. The van der Waals surface area contributed by atoms with Crippen LogP contribution >= 0.6 is 11.3 Å². The fourth-order valence-corrected chi connectivity index (χ4v) is 3.13. The minimum absolute atomic E-state index is 0.236. The van der Waals surface area contributed by atoms with Crippen LogP contribution in [0.4, 0.5) is 5.95 Å². The van der Waals surface area contributed by atoms with Crippen LogP contribution in [0, 0.1) is 19.8 Å². The minimum atomic E-state index is 0.236. The Balaban J connectivity index is 2.13. The van der Waals surface area contributed by atoms with E-state index in [1.54, 1.807) is 11.3 Å². The van der Waals surface area contributed by atoms with Crippen molar-refractivity contribution in [2.75, 3.05) is 5.32 Å². The van der Waals surface area contributed by atoms with E-state index in [0.717, 1.165) is 23.2 Å². The zero-order valence-electron chi connectivity index (χ0n) is 12.3. The van der Waals surface area contributed by atoms with Gasteiger partial charge in [0.15, 0.2) is 0 Å². The Morgan fingerprint density at radius 1 is 1.32 bits per heavy atom. The summed E-state index contributed by atoms with van der Waals surface area (Å²) < 4.78 is 2.17. The molecule has 0 saturated heterocycles. The number of imidazole rings is 1. The molecule has 0 aliphatic carbocycles. The summed E-state index contributed by atoms with van der Waals surface area (Å²) in [5, 5.41) is 4.61. The van der Waals surface area contributed by atoms with Gasteiger partial charge in [-0.2, -0.15) is 0 Å². The minimum Gasteiger partial charge on any atom is -0.348 e. The summed E-state index contributed by atoms with van der Waals surface area (Å²) in [6.07, 6.45) is 3.88. The summed E-state index contributed by atoms with van der Waals surface area (Å²) in [4.78, 5) is 10.2. The maximum atomic E-state index is 4.48. The summed E-state index contributed by atoms with van der Waals surface area (Å²) in [5.74, 6) is 1.55. The number of nitrogens with one attached hydrogen (secondary N) is 1. The highest BCUT2D eigenvalue weighted by Crippen LogP contribution is 2.27. The monoisotopic (exact) mass is 278 g/mol. The summed E-state index contributed by atoms with van der Waals surface area (Å²) in [6, 6.07) is 0.236. The number of aryl methyl sites for hydroxylation is 2. The van der Waals surface area contributed by atoms with Gasteiger partial charge in [-0.15, -0.1) is 11.3 Å². The Labute approximate surface area is 118 Å². The largest absolute Gasteiger partial charge is 0.348 e. The SMILES string of the molecule is Cc1nc(C)c(C(C)Nc2nccn2CC(C)C)s1. The normalized spacial score (nSPS) is 12.9. The van der Waals surface area contributed by atoms with Crippen LogP contribution in [0.5, 0.6) is 0 Å². The van der Waals surface area contributed by atoms with E-state index < -0.39 is 0 Å². The van der Waals surface area contributed by atoms with Crippen LogP contribution in [0.15, 0.2) is 12.4 Å². The van der Waals surface area contributed by atoms with Crippen LogP contribution in [-0.2, 0) is 6.54 Å². The van der Waals surface area contributed by atoms with Crippen molar-refractivity contribution in [1.82, 2.24) is 14.5 Å². The standard InChI is InChI=1S/C14H22N4S/c1-9(2)8-18-7-6-15-14(18)17-11(4)13-10(3)16-12(5)19-13/h6-7,9,11H,8H2,1-5H3,(H,15,17). The molecule has 2 rings (SSSR count). The van der Waals surface area contributed by atoms with Crippen molar-refractivity contribution in [1.29, 1.82) is 0 Å². The van der Waals surface area contributed by atoms with Crippen LogP contribution in [-0.4, -0.2) is 14.5 Å². The van der Waals surface area contributed by atoms with E-state index in [2.05, 4.69) is 47.5 Å². The van der Waals surface area contributed by atoms with Gasteiger partial charge in [-0.05, 0) is 26.7 Å². The average molecular weight is 278 g/mol. The number of thiazole rings is 1. The molecule has 104 valence electrons. The summed E-state index contributed by atoms with van der Waals surface area (Å²) >= 11 is 1.75. The van der Waals surface area contributed by atoms with Gasteiger partial charge in [0.1, 0.15) is 0 Å². The van der Waals surface area contributed by atoms with Crippen molar-refractivity contribution < 1.29 is 0 Å². The second-order valence-corrected chi connectivity index (χ2v) is 6.58. The van der Waals surface area contributed by atoms with Crippen molar-refractivity contribution in [2.24, 2.45) is 5.92 Å². The Morgan fingerprint density at radius 3 is 2.63 bits per heavy atom. The van der Waals surface area contributed by atoms with Crippen LogP contribution in [0.2, 0.25) is 0 Å². The average Bonchev–Trinajstić information content (AvgIpc) is 2.85. The van der Waals surface area contributed by atoms with Crippen molar-refractivity contribution >= 4 is 17.3 Å². The zero-order valence-corrected chi connectivity index (χ0v) is 13.1. The van der Waals surface area contributed by atoms with Crippen molar-refractivity contribution in [3.8, 4) is 0 Å². The van der Waals surface area contributed by atoms with E-state index in [4.69, 9.17) is 0 Å². The number of anilines is 1. The van der Waals surface area contributed by atoms with Crippen LogP contribution in [0.3, 0.4) is 0 Å². The molecule has 1 N–H and O–H groups in total. The first kappa shape index (κ1) is 14.1. The number of hydrogen-bond donors (Lipinski definition) is 1. The van der Waals surface area contributed by atoms with E-state index in [0.29, 0.717) is 5.92 Å². The van der Waals surface area contributed by atoms with Gasteiger partial charge in [-0.3, -0.25) is 0 Å². The van der Waals surface area contributed by atoms with Crippen molar-refractivity contribution in [3.05, 3.63) is 28.0 Å². The van der Waals surface area contributed by atoms with E-state index in [1.165, 1.54) is 4.88 Å². The Kier molecular flexibility index (Phi) is 4.24. The number of aromatic nitrogens is 3. The molecule has 2 aromatic rings. The van der Waals surface area contributed by atoms with Gasteiger partial charge in [0.25, 0.3) is 0 Å². The molecule has 19 heavy (non-hydrogen) atoms. The molecule has 0 bridgehead atoms. The molecule has 1 atom stereocenters. The van der Waals surface area contributed by atoms with E-state index >= 15 is 0 Å². The second kappa shape index (κ2) is 5.74. The molecular weight excluding hydrogens is 256 g/mol. The van der Waals surface area contributed by atoms with Gasteiger partial charge >= 0.3 is 0 Å². The lowest BCUT2D eigenvalue weighted by Crippen LogP contribution is -2.13. The Morgan fingerprint density at radius 2 is 2.05 bits per heavy atom. The zero-order chi connectivity index (χ0) is 14.0. The molecule has 2 aromatic heterocycles. The van der Waals surface area contributed by atoms with Crippen molar-refractivity contribution in [2.45, 2.75) is 47.2 Å². The molecule has 0 spiro atoms. The predicted molar refractivity (Wildman–Crippen MR) is 80.7 cm³/mol. The highest BCUT2D eigenvalue weighted by Gasteiger charge is 2.15. The quantitative estimate of drug-likeness (QED) is 0.905. The van der Waals surface area contributed by atoms with Gasteiger partial charge in [-0.25, -0.2) is 9.97 Å². The summed E-state index contributed by atoms with van der Waals surface area (Å²) in [7, 11) is 0. The highest BCUT2D eigenvalue weighted by molar-refractivity contribution is 7.11. The van der Waals surface area contributed by atoms with Crippen molar-refractivity contribution in [3.63, 3.8) is 0 Å². The Bertz CT molecular complexity index is 541. The second-order valence-electron chi connectivity index (χ2n) is 5.35. The molecule has 4 nitrogen and oxygen atoms in total. The van der Waals surface area contributed by atoms with Gasteiger partial charge in [0.05, 0.1) is 16.7 Å². The van der Waals surface area contributed by atoms with Gasteiger partial charge < -0.3 is 9.88 Å². The maximum absolute atomic E-state index is 4.48. The first-order valence-corrected chi connectivity index (χ1v) is 7.50. The van der Waals surface area contributed by atoms with Gasteiger partial charge in [0, 0.05) is 23.8 Å². The molecule has 0 aliphatic rings. The van der Waals surface area contributed by atoms with Gasteiger partial charge in [-0.1, -0.05) is 13.8 Å². The third-order valence-electron chi connectivity index (χ3n) is 2.96. The summed E-state index contributed by atoms with van der Waals surface area (Å²) in [5.41, 5.74) is 1.12. The molecule has 0 saturated carbocycles. The molecule has 0 aliphatic heterocycles. The molecule has 2 heterocycles. The van der Waals surface area contributed by atoms with Crippen LogP contribution in [0.25, 0.3) is 0 Å². The molecule has 0 aromatic carbocycles. The maximum Gasteiger partial charge on any atom is 0.203 e. The van der Waals surface area contributed by atoms with E-state index in [1.807, 2.05) is 19.3 Å². The van der Waals surface area contributed by atoms with Gasteiger partial charge in [0.2, 0.25) is 5.95 Å². The highest BCUT2D eigenvalue weighted by atomic mass is 32.1. The topological polar surface area (TPSA) is 42.7 Å². The fourth-order valence-electron chi connectivity index (χ4n) is 2.20. The van der Waals surface area contributed by atoms with E-state index in [-0.39, 0.29) is 6.04 Å². The molecule has 0 fully saturated rings. The fraction of sp³-hybridized carbons (Fsp3) is 0.571. The lowest BCUT2D eigenvalue weighted by Gasteiger charge is -2.16. The predicted octanol–water partition coefficient (Wildman–Crippen LogP) is 3.79. The number of rotatable bonds is 5. The van der Waals surface area contributed by atoms with Crippen LogP contribution < -0.4 is 5.32 Å². The number of nitrogens with zero attached hydrogens (tertiary/aromatic N) is 3. The number of hydrogen-bond acceptors (Lipinski definition) is 4. The third-order valence-corrected chi connectivity index (χ3v) is 4.21. The van der Waals surface area contributed by atoms with Crippen LogP contribution in [0.1, 0.15) is 42.4 Å². The first-order valence-electron chi connectivity index (χ1n) is 6.69. The molecule has 0 amide bonds. The molecular formula is C14H22N4S. The smallest absolute Gasteiger partial charge is 0.203 e.